The molecule has 0 saturated carbocycles. The van der Waals surface area contributed by atoms with E-state index in [-0.39, 0.29) is 23.4 Å². The number of nitrogens with two attached hydrogens (primary N) is 1. The van der Waals surface area contributed by atoms with Gasteiger partial charge in [0, 0.05) is 30.9 Å². The van der Waals surface area contributed by atoms with Crippen molar-refractivity contribution < 1.29 is 14.0 Å². The van der Waals surface area contributed by atoms with Gasteiger partial charge < -0.3 is 4.52 Å². The monoisotopic (exact) mass is 427 g/mol. The first-order valence-electron chi connectivity index (χ1n) is 7.29. The average Bonchev–Trinajstić information content (AvgIpc) is 3.01. The van der Waals surface area contributed by atoms with Crippen LogP contribution < -0.4 is 5.50 Å². The molecule has 11 heteroatoms. The van der Waals surface area contributed by atoms with E-state index in [0.717, 1.165) is 11.3 Å². The molecule has 25 heavy (non-hydrogen) atoms. The lowest BCUT2D eigenvalue weighted by atomic mass is 9.96. The molecule has 0 aliphatic carbocycles. The molecule has 0 radical (unpaired) electrons. The minimum Gasteiger partial charge on any atom is -0.305 e. The molecule has 1 aromatic heterocycles. The molecule has 0 fully saturated rings. The van der Waals surface area contributed by atoms with Gasteiger partial charge in [-0.1, -0.05) is 23.2 Å². The summed E-state index contributed by atoms with van der Waals surface area (Å²) in [5.41, 5.74) is 5.15. The van der Waals surface area contributed by atoms with Crippen LogP contribution in [0.4, 0.5) is 5.00 Å². The van der Waals surface area contributed by atoms with Crippen molar-refractivity contribution >= 4 is 47.2 Å². The predicted octanol–water partition coefficient (Wildman–Crippen LogP) is 3.90. The zero-order chi connectivity index (χ0) is 19.1. The van der Waals surface area contributed by atoms with E-state index < -0.39 is 18.0 Å². The summed E-state index contributed by atoms with van der Waals surface area (Å²) in [5, 5.41) is 10.7. The molecule has 1 heterocycles. The lowest BCUT2D eigenvalue weighted by molar-refractivity contribution is -0.380. The maximum absolute atomic E-state index is 12.5. The van der Waals surface area contributed by atoms with E-state index >= 15 is 0 Å². The molecule has 0 aromatic carbocycles. The largest absolute Gasteiger partial charge is 0.340 e. The maximum Gasteiger partial charge on any atom is 0.340 e. The number of nitro groups is 1. The van der Waals surface area contributed by atoms with Gasteiger partial charge in [-0.15, -0.1) is 23.2 Å². The van der Waals surface area contributed by atoms with E-state index in [1.54, 1.807) is 19.9 Å². The van der Waals surface area contributed by atoms with Crippen molar-refractivity contribution in [3.63, 3.8) is 0 Å². The third-order valence-electron chi connectivity index (χ3n) is 2.99. The molecule has 140 valence electrons. The highest BCUT2D eigenvalue weighted by atomic mass is 35.5. The van der Waals surface area contributed by atoms with Crippen molar-refractivity contribution in [3.8, 4) is 11.8 Å². The molecular weight excluding hydrogens is 408 g/mol. The first-order valence-corrected chi connectivity index (χ1v) is 10.8. The van der Waals surface area contributed by atoms with Gasteiger partial charge in [-0.3, -0.25) is 14.7 Å². The van der Waals surface area contributed by atoms with Gasteiger partial charge in [0.2, 0.25) is 0 Å². The second-order valence-electron chi connectivity index (χ2n) is 5.70. The van der Waals surface area contributed by atoms with Crippen LogP contribution in [0.15, 0.2) is 12.1 Å². The molecule has 0 bridgehead atoms. The molecule has 1 atom stereocenters. The van der Waals surface area contributed by atoms with Crippen LogP contribution >= 0.6 is 42.2 Å². The van der Waals surface area contributed by atoms with Gasteiger partial charge in [0.05, 0.1) is 21.8 Å². The van der Waals surface area contributed by atoms with Crippen molar-refractivity contribution in [1.82, 2.24) is 4.67 Å². The smallest absolute Gasteiger partial charge is 0.305 e. The summed E-state index contributed by atoms with van der Waals surface area (Å²) in [6.07, 6.45) is 0. The summed E-state index contributed by atoms with van der Waals surface area (Å²) in [5.74, 6) is 6.35. The van der Waals surface area contributed by atoms with Gasteiger partial charge in [0.25, 0.3) is 0 Å². The molecule has 1 aromatic rings. The Morgan fingerprint density at radius 2 is 2.00 bits per heavy atom. The fourth-order valence-electron chi connectivity index (χ4n) is 1.68. The Morgan fingerprint density at radius 1 is 1.40 bits per heavy atom. The Hall–Kier alpha value is -0.650. The second-order valence-corrected chi connectivity index (χ2v) is 9.47. The number of hydrogen-bond acceptors (Lipinski definition) is 5. The highest BCUT2D eigenvalue weighted by Gasteiger charge is 2.29. The summed E-state index contributed by atoms with van der Waals surface area (Å²) in [6.45, 7) is 4.23. The fourth-order valence-corrected chi connectivity index (χ4v) is 4.43. The number of alkyl halides is 2. The van der Waals surface area contributed by atoms with Crippen molar-refractivity contribution in [2.75, 3.05) is 31.5 Å². The van der Waals surface area contributed by atoms with Crippen LogP contribution in [0.5, 0.6) is 0 Å². The number of thiophene rings is 1. The standard InChI is InChI=1S/C14H20Cl2N3O4PS/c1-14(2,6-5-12-3-4-13(25-12)19(20)21)11-23-24(17,22)18(9-7-15)10-8-16/h3-4H,7-11H2,1-2H3,(H2,17,22). The summed E-state index contributed by atoms with van der Waals surface area (Å²) < 4.78 is 19.4. The highest BCUT2D eigenvalue weighted by Crippen LogP contribution is 2.43. The van der Waals surface area contributed by atoms with Crippen molar-refractivity contribution in [2.45, 2.75) is 13.8 Å². The van der Waals surface area contributed by atoms with Crippen LogP contribution in [0, 0.1) is 27.4 Å². The minimum absolute atomic E-state index is 0.0301. The van der Waals surface area contributed by atoms with Crippen molar-refractivity contribution in [2.24, 2.45) is 10.9 Å². The third-order valence-corrected chi connectivity index (χ3v) is 5.96. The predicted molar refractivity (Wildman–Crippen MR) is 102 cm³/mol. The molecule has 0 aliphatic heterocycles. The van der Waals surface area contributed by atoms with E-state index in [1.807, 2.05) is 0 Å². The Balaban J connectivity index is 2.75. The second kappa shape index (κ2) is 9.89. The van der Waals surface area contributed by atoms with Crippen LogP contribution in [0.2, 0.25) is 0 Å². The quantitative estimate of drug-likeness (QED) is 0.211. The van der Waals surface area contributed by atoms with Crippen LogP contribution in [-0.2, 0) is 9.09 Å². The van der Waals surface area contributed by atoms with E-state index in [2.05, 4.69) is 11.8 Å². The van der Waals surface area contributed by atoms with E-state index in [0.29, 0.717) is 18.0 Å². The Kier molecular flexibility index (Phi) is 8.85. The van der Waals surface area contributed by atoms with Gasteiger partial charge in [-0.2, -0.15) is 0 Å². The molecule has 0 aliphatic rings. The molecule has 0 amide bonds. The van der Waals surface area contributed by atoms with Crippen LogP contribution in [0.3, 0.4) is 0 Å². The lowest BCUT2D eigenvalue weighted by Gasteiger charge is -2.28. The van der Waals surface area contributed by atoms with Crippen molar-refractivity contribution in [3.05, 3.63) is 27.1 Å². The first kappa shape index (κ1) is 22.4. The van der Waals surface area contributed by atoms with E-state index in [1.165, 1.54) is 10.7 Å². The Morgan fingerprint density at radius 3 is 2.48 bits per heavy atom. The van der Waals surface area contributed by atoms with Crippen LogP contribution in [0.1, 0.15) is 18.7 Å². The number of nitrogens with zero attached hydrogens (tertiary/aromatic N) is 2. The van der Waals surface area contributed by atoms with Crippen LogP contribution in [-0.4, -0.2) is 41.1 Å². The Labute approximate surface area is 161 Å². The molecule has 0 spiro atoms. The zero-order valence-corrected chi connectivity index (χ0v) is 17.1. The lowest BCUT2D eigenvalue weighted by Crippen LogP contribution is -2.31. The van der Waals surface area contributed by atoms with Gasteiger partial charge in [-0.25, -0.2) is 10.2 Å². The molecule has 1 rings (SSSR count). The normalized spacial score (nSPS) is 14.0. The molecule has 1 unspecified atom stereocenters. The molecule has 7 nitrogen and oxygen atoms in total. The van der Waals surface area contributed by atoms with Gasteiger partial charge in [0.1, 0.15) is 0 Å². The molecule has 0 saturated heterocycles. The highest BCUT2D eigenvalue weighted by molar-refractivity contribution is 7.53. The SMILES string of the molecule is CC(C)(C#Cc1ccc([N+](=O)[O-])s1)COP(N)(=O)N(CCCl)CCCl. The summed E-state index contributed by atoms with van der Waals surface area (Å²) >= 11 is 12.4. The zero-order valence-electron chi connectivity index (χ0n) is 13.9. The summed E-state index contributed by atoms with van der Waals surface area (Å²) in [7, 11) is -3.53. The number of halogens is 2. The van der Waals surface area contributed by atoms with E-state index in [4.69, 9.17) is 33.2 Å². The van der Waals surface area contributed by atoms with Gasteiger partial charge in [-0.05, 0) is 19.9 Å². The summed E-state index contributed by atoms with van der Waals surface area (Å²) in [4.78, 5) is 10.8. The van der Waals surface area contributed by atoms with Gasteiger partial charge >= 0.3 is 12.7 Å². The topological polar surface area (TPSA) is 98.7 Å². The average molecular weight is 428 g/mol. The summed E-state index contributed by atoms with van der Waals surface area (Å²) in [6, 6.07) is 2.99. The maximum atomic E-state index is 12.5. The number of hydrogen-bond donors (Lipinski definition) is 1. The number of rotatable bonds is 9. The third kappa shape index (κ3) is 7.63. The van der Waals surface area contributed by atoms with Crippen LogP contribution in [0.25, 0.3) is 0 Å². The fraction of sp³-hybridized carbons (Fsp3) is 0.571. The molecule has 2 N–H and O–H groups in total. The van der Waals surface area contributed by atoms with E-state index in [9.17, 15) is 14.7 Å². The van der Waals surface area contributed by atoms with Crippen molar-refractivity contribution in [1.29, 1.82) is 0 Å². The van der Waals surface area contributed by atoms with Gasteiger partial charge in [0.15, 0.2) is 0 Å². The minimum atomic E-state index is -3.53. The Bertz CT molecular complexity index is 696. The first-order chi connectivity index (χ1) is 11.6. The molecular formula is C14H20Cl2N3O4PS.